The van der Waals surface area contributed by atoms with Gasteiger partial charge in [0.15, 0.2) is 10.8 Å². The van der Waals surface area contributed by atoms with Crippen LogP contribution in [0, 0.1) is 5.41 Å². The van der Waals surface area contributed by atoms with Crippen LogP contribution in [0.1, 0.15) is 97.3 Å². The lowest BCUT2D eigenvalue weighted by Gasteiger charge is -2.54. The number of nitrogens with zero attached hydrogens (tertiary/aromatic N) is 1. The average molecular weight is 496 g/mol. The third kappa shape index (κ3) is 9.09. The van der Waals surface area contributed by atoms with Gasteiger partial charge in [-0.1, -0.05) is 78.1 Å². The van der Waals surface area contributed by atoms with Crippen LogP contribution in [0.2, 0.25) is 0 Å². The van der Waals surface area contributed by atoms with Crippen molar-refractivity contribution in [2.45, 2.75) is 108 Å². The molecule has 0 saturated carbocycles. The fourth-order valence-electron chi connectivity index (χ4n) is 5.40. The standard InChI is InChI=1S/C24H49NO7S/c1-6-7-8-9-10-11-12-13-14-15-16-24(33(30,31)32,21(22(28)29)25(3,4)5)23(2,17-19-26)18-20-27/h21,26-27H,6-20H2,1-5H3,(H-,28,29,30,31,32). The predicted octanol–water partition coefficient (Wildman–Crippen LogP) is 2.52. The van der Waals surface area contributed by atoms with E-state index in [1.165, 1.54) is 39.0 Å². The quantitative estimate of drug-likeness (QED) is 0.134. The maximum absolute atomic E-state index is 13.0. The summed E-state index contributed by atoms with van der Waals surface area (Å²) in [6.45, 7) is 2.92. The van der Waals surface area contributed by atoms with Crippen LogP contribution in [0.15, 0.2) is 0 Å². The Morgan fingerprint density at radius 2 is 1.24 bits per heavy atom. The molecule has 0 rings (SSSR count). The lowest BCUT2D eigenvalue weighted by atomic mass is 9.65. The van der Waals surface area contributed by atoms with Gasteiger partial charge >= 0.3 is 0 Å². The highest BCUT2D eigenvalue weighted by molar-refractivity contribution is 7.87. The van der Waals surface area contributed by atoms with E-state index in [2.05, 4.69) is 6.92 Å². The van der Waals surface area contributed by atoms with Crippen LogP contribution in [0.4, 0.5) is 0 Å². The van der Waals surface area contributed by atoms with Gasteiger partial charge in [-0.2, -0.15) is 8.42 Å². The molecule has 0 bridgehead atoms. The molecule has 2 unspecified atom stereocenters. The van der Waals surface area contributed by atoms with Gasteiger partial charge in [-0.05, 0) is 19.3 Å². The van der Waals surface area contributed by atoms with Crippen LogP contribution in [-0.4, -0.2) is 78.8 Å². The van der Waals surface area contributed by atoms with E-state index in [9.17, 15) is 33.1 Å². The third-order valence-corrected chi connectivity index (χ3v) is 8.99. The summed E-state index contributed by atoms with van der Waals surface area (Å²) in [6.07, 6.45) is 10.0. The number of aliphatic hydroxyl groups is 2. The molecule has 0 fully saturated rings. The highest BCUT2D eigenvalue weighted by Gasteiger charge is 2.65. The van der Waals surface area contributed by atoms with E-state index in [1.54, 1.807) is 21.1 Å². The number of hydrogen-bond donors (Lipinski definition) is 3. The summed E-state index contributed by atoms with van der Waals surface area (Å²) in [5.41, 5.74) is -1.38. The maximum atomic E-state index is 13.0. The number of unbranched alkanes of at least 4 members (excludes halogenated alkanes) is 9. The van der Waals surface area contributed by atoms with Crippen LogP contribution in [0.3, 0.4) is 0 Å². The summed E-state index contributed by atoms with van der Waals surface area (Å²) >= 11 is 0. The smallest absolute Gasteiger partial charge is 0.277 e. The number of aliphatic carboxylic acids is 1. The molecule has 0 aliphatic rings. The number of quaternary nitrogens is 1. The molecule has 3 N–H and O–H groups in total. The van der Waals surface area contributed by atoms with Crippen molar-refractivity contribution in [2.75, 3.05) is 34.4 Å². The van der Waals surface area contributed by atoms with E-state index < -0.39 is 45.5 Å². The van der Waals surface area contributed by atoms with Crippen LogP contribution in [0.25, 0.3) is 0 Å². The van der Waals surface area contributed by atoms with Crippen molar-refractivity contribution < 1.29 is 37.6 Å². The predicted molar refractivity (Wildman–Crippen MR) is 129 cm³/mol. The van der Waals surface area contributed by atoms with Crippen molar-refractivity contribution in [1.29, 1.82) is 0 Å². The van der Waals surface area contributed by atoms with E-state index in [4.69, 9.17) is 0 Å². The van der Waals surface area contributed by atoms with E-state index in [0.717, 1.165) is 19.3 Å². The van der Waals surface area contributed by atoms with Crippen LogP contribution < -0.4 is 5.11 Å². The monoisotopic (exact) mass is 495 g/mol. The van der Waals surface area contributed by atoms with Gasteiger partial charge in [0.2, 0.25) is 0 Å². The van der Waals surface area contributed by atoms with E-state index in [1.807, 2.05) is 0 Å². The first kappa shape index (κ1) is 32.3. The van der Waals surface area contributed by atoms with Crippen molar-refractivity contribution >= 4 is 16.1 Å². The molecule has 0 aromatic rings. The average Bonchev–Trinajstić information content (AvgIpc) is 2.66. The van der Waals surface area contributed by atoms with Gasteiger partial charge < -0.3 is 24.6 Å². The van der Waals surface area contributed by atoms with Crippen molar-refractivity contribution in [3.8, 4) is 0 Å². The molecule has 0 aromatic carbocycles. The topological polar surface area (TPSA) is 135 Å². The van der Waals surface area contributed by atoms with Crippen LogP contribution in [-0.2, 0) is 14.9 Å². The fraction of sp³-hybridized carbons (Fsp3) is 0.958. The summed E-state index contributed by atoms with van der Waals surface area (Å²) in [6, 6.07) is -1.59. The zero-order valence-corrected chi connectivity index (χ0v) is 22.3. The molecular weight excluding hydrogens is 446 g/mol. The molecule has 0 aliphatic carbocycles. The summed E-state index contributed by atoms with van der Waals surface area (Å²) in [4.78, 5) is 12.3. The minimum absolute atomic E-state index is 0.0745. The molecule has 2 atom stereocenters. The Bertz CT molecular complexity index is 654. The van der Waals surface area contributed by atoms with Gasteiger partial charge in [0.05, 0.1) is 21.1 Å². The van der Waals surface area contributed by atoms with Crippen molar-refractivity contribution in [2.24, 2.45) is 5.41 Å². The first-order chi connectivity index (χ1) is 15.2. The van der Waals surface area contributed by atoms with E-state index >= 15 is 0 Å². The molecule has 8 nitrogen and oxygen atoms in total. The molecule has 0 aliphatic heterocycles. The number of likely N-dealkylation sites (N-methyl/N-ethyl adjacent to an activating group) is 1. The number of aliphatic hydroxyl groups excluding tert-OH is 2. The number of carboxylic acids is 1. The van der Waals surface area contributed by atoms with Gasteiger partial charge in [-0.25, -0.2) is 0 Å². The number of hydrogen-bond acceptors (Lipinski definition) is 6. The Hall–Kier alpha value is -0.740. The fourth-order valence-corrected chi connectivity index (χ4v) is 7.32. The van der Waals surface area contributed by atoms with Crippen molar-refractivity contribution in [3.05, 3.63) is 0 Å². The molecule has 9 heteroatoms. The Morgan fingerprint density at radius 1 is 0.848 bits per heavy atom. The Balaban J connectivity index is 5.82. The molecule has 0 spiro atoms. The summed E-state index contributed by atoms with van der Waals surface area (Å²) in [5.74, 6) is -1.57. The van der Waals surface area contributed by atoms with Crippen molar-refractivity contribution in [3.63, 3.8) is 0 Å². The second-order valence-electron chi connectivity index (χ2n) is 10.6. The maximum Gasteiger partial charge on any atom is 0.277 e. The van der Waals surface area contributed by atoms with Gasteiger partial charge in [-0.3, -0.25) is 4.55 Å². The van der Waals surface area contributed by atoms with Crippen LogP contribution >= 0.6 is 0 Å². The second kappa shape index (κ2) is 14.6. The molecule has 33 heavy (non-hydrogen) atoms. The number of carboxylic acid groups (broad SMARTS) is 1. The van der Waals surface area contributed by atoms with Crippen LogP contribution in [0.5, 0.6) is 0 Å². The number of rotatable bonds is 20. The summed E-state index contributed by atoms with van der Waals surface area (Å²) in [7, 11) is -0.266. The van der Waals surface area contributed by atoms with Gasteiger partial charge in [0.1, 0.15) is 5.97 Å². The minimum Gasteiger partial charge on any atom is -0.544 e. The lowest BCUT2D eigenvalue weighted by Crippen LogP contribution is -2.73. The second-order valence-corrected chi connectivity index (χ2v) is 12.3. The van der Waals surface area contributed by atoms with Gasteiger partial charge in [0, 0.05) is 18.6 Å². The number of carbonyl (C=O) groups is 1. The van der Waals surface area contributed by atoms with Gasteiger partial charge in [-0.15, -0.1) is 0 Å². The molecular formula is C24H49NO7S. The zero-order chi connectivity index (χ0) is 25.8. The molecule has 0 aromatic heterocycles. The van der Waals surface area contributed by atoms with E-state index in [0.29, 0.717) is 12.8 Å². The van der Waals surface area contributed by atoms with Gasteiger partial charge in [0.25, 0.3) is 10.1 Å². The molecule has 0 amide bonds. The molecule has 0 heterocycles. The highest BCUT2D eigenvalue weighted by Crippen LogP contribution is 2.50. The highest BCUT2D eigenvalue weighted by atomic mass is 32.2. The normalized spacial score (nSPS) is 15.9. The zero-order valence-electron chi connectivity index (χ0n) is 21.5. The largest absolute Gasteiger partial charge is 0.544 e. The lowest BCUT2D eigenvalue weighted by molar-refractivity contribution is -0.892. The first-order valence-electron chi connectivity index (χ1n) is 12.5. The minimum atomic E-state index is -4.92. The number of carbonyl (C=O) groups excluding carboxylic acids is 1. The Labute approximate surface area is 201 Å². The molecule has 0 radical (unpaired) electrons. The van der Waals surface area contributed by atoms with Crippen molar-refractivity contribution in [1.82, 2.24) is 0 Å². The third-order valence-electron chi connectivity index (χ3n) is 7.15. The summed E-state index contributed by atoms with van der Waals surface area (Å²) in [5, 5.41) is 31.8. The van der Waals surface area contributed by atoms with E-state index in [-0.39, 0.29) is 23.7 Å². The summed E-state index contributed by atoms with van der Waals surface area (Å²) < 4.78 is 34.2. The Kier molecular flexibility index (Phi) is 14.3. The Morgan fingerprint density at radius 3 is 1.55 bits per heavy atom. The molecule has 0 saturated heterocycles. The first-order valence-corrected chi connectivity index (χ1v) is 13.9. The molecule has 198 valence electrons. The SMILES string of the molecule is CCCCCCCCCCCCC(C(C(=O)[O-])[N+](C)(C)C)(C(C)(CCO)CCO)S(=O)(=O)O.